The molecule has 2 heteroatoms. The third-order valence-electron chi connectivity index (χ3n) is 8.04. The standard InChI is InChI=1S/C36H56Cl2/c1-3-5-7-9-11-13-15-17-19-21-23-31-25-27-33(29-35(31)37)34-28-26-32(36(38)30-34)24-22-20-18-16-14-12-10-8-6-4-2/h25-30H,3-24H2,1-2H3. The fourth-order valence-electron chi connectivity index (χ4n) is 5.47. The average Bonchev–Trinajstić information content (AvgIpc) is 2.92. The molecule has 2 aromatic carbocycles. The molecule has 2 aromatic rings. The van der Waals surface area contributed by atoms with E-state index in [4.69, 9.17) is 23.2 Å². The normalized spacial score (nSPS) is 11.4. The van der Waals surface area contributed by atoms with Crippen molar-refractivity contribution in [2.24, 2.45) is 0 Å². The number of halogens is 2. The number of hydrogen-bond acceptors (Lipinski definition) is 0. The minimum absolute atomic E-state index is 0.893. The van der Waals surface area contributed by atoms with Crippen molar-refractivity contribution in [2.75, 3.05) is 0 Å². The predicted octanol–water partition coefficient (Wildman–Crippen LogP) is 13.6. The van der Waals surface area contributed by atoms with Crippen LogP contribution >= 0.6 is 23.2 Å². The Balaban J connectivity index is 1.65. The van der Waals surface area contributed by atoms with Crippen LogP contribution < -0.4 is 0 Å². The van der Waals surface area contributed by atoms with E-state index in [1.54, 1.807) is 0 Å². The van der Waals surface area contributed by atoms with Gasteiger partial charge in [-0.15, -0.1) is 0 Å². The molecular formula is C36H56Cl2. The quantitative estimate of drug-likeness (QED) is 0.119. The molecule has 0 bridgehead atoms. The van der Waals surface area contributed by atoms with Gasteiger partial charge in [-0.1, -0.05) is 177 Å². The van der Waals surface area contributed by atoms with Gasteiger partial charge in [0, 0.05) is 10.0 Å². The highest BCUT2D eigenvalue weighted by Gasteiger charge is 2.07. The fraction of sp³-hybridized carbons (Fsp3) is 0.667. The van der Waals surface area contributed by atoms with Crippen LogP contribution in [0.3, 0.4) is 0 Å². The summed E-state index contributed by atoms with van der Waals surface area (Å²) in [5, 5.41) is 1.79. The maximum absolute atomic E-state index is 6.69. The molecule has 0 nitrogen and oxygen atoms in total. The monoisotopic (exact) mass is 558 g/mol. The van der Waals surface area contributed by atoms with Gasteiger partial charge in [-0.25, -0.2) is 0 Å². The molecular weight excluding hydrogens is 503 g/mol. The van der Waals surface area contributed by atoms with Crippen molar-refractivity contribution in [3.05, 3.63) is 57.6 Å². The molecule has 0 aromatic heterocycles. The molecule has 0 heterocycles. The smallest absolute Gasteiger partial charge is 0.0444 e. The lowest BCUT2D eigenvalue weighted by Gasteiger charge is -2.10. The summed E-state index contributed by atoms with van der Waals surface area (Å²) >= 11 is 13.4. The summed E-state index contributed by atoms with van der Waals surface area (Å²) in [7, 11) is 0. The zero-order valence-electron chi connectivity index (χ0n) is 24.8. The lowest BCUT2D eigenvalue weighted by Crippen LogP contribution is -1.91. The van der Waals surface area contributed by atoms with Crippen LogP contribution in [0.2, 0.25) is 10.0 Å². The number of aryl methyl sites for hydroxylation is 2. The lowest BCUT2D eigenvalue weighted by atomic mass is 9.98. The van der Waals surface area contributed by atoms with Gasteiger partial charge >= 0.3 is 0 Å². The van der Waals surface area contributed by atoms with Crippen LogP contribution in [0.25, 0.3) is 11.1 Å². The van der Waals surface area contributed by atoms with E-state index in [1.165, 1.54) is 140 Å². The van der Waals surface area contributed by atoms with Crippen LogP contribution in [-0.4, -0.2) is 0 Å². The largest absolute Gasteiger partial charge is 0.0840 e. The molecule has 0 saturated heterocycles. The van der Waals surface area contributed by atoms with E-state index in [1.807, 2.05) is 0 Å². The Kier molecular flexibility index (Phi) is 19.1. The van der Waals surface area contributed by atoms with E-state index in [9.17, 15) is 0 Å². The molecule has 0 saturated carbocycles. The zero-order chi connectivity index (χ0) is 27.3. The summed E-state index contributed by atoms with van der Waals surface area (Å²) in [5.41, 5.74) is 4.88. The summed E-state index contributed by atoms with van der Waals surface area (Å²) in [4.78, 5) is 0. The SMILES string of the molecule is CCCCCCCCCCCCc1ccc(-c2ccc(CCCCCCCCCCCC)c(Cl)c2)cc1Cl. The van der Waals surface area contributed by atoms with Crippen LogP contribution in [0.15, 0.2) is 36.4 Å². The topological polar surface area (TPSA) is 0 Å². The van der Waals surface area contributed by atoms with Gasteiger partial charge in [-0.2, -0.15) is 0 Å². The Bertz CT molecular complexity index is 785. The summed E-state index contributed by atoms with van der Waals surface area (Å²) in [6.45, 7) is 4.57. The number of benzene rings is 2. The van der Waals surface area contributed by atoms with E-state index >= 15 is 0 Å². The Morgan fingerprint density at radius 1 is 0.395 bits per heavy atom. The van der Waals surface area contributed by atoms with Crippen molar-refractivity contribution in [2.45, 2.75) is 155 Å². The Hall–Kier alpha value is -0.980. The maximum atomic E-state index is 6.69. The minimum Gasteiger partial charge on any atom is -0.0840 e. The Labute approximate surface area is 246 Å². The van der Waals surface area contributed by atoms with Crippen molar-refractivity contribution in [1.82, 2.24) is 0 Å². The van der Waals surface area contributed by atoms with Gasteiger partial charge < -0.3 is 0 Å². The molecule has 214 valence electrons. The van der Waals surface area contributed by atoms with Crippen molar-refractivity contribution in [1.29, 1.82) is 0 Å². The van der Waals surface area contributed by atoms with E-state index in [0.717, 1.165) is 34.0 Å². The molecule has 0 N–H and O–H groups in total. The van der Waals surface area contributed by atoms with Crippen LogP contribution in [0, 0.1) is 0 Å². The van der Waals surface area contributed by atoms with E-state index in [0.29, 0.717) is 0 Å². The van der Waals surface area contributed by atoms with Gasteiger partial charge in [0.2, 0.25) is 0 Å². The molecule has 0 spiro atoms. The molecule has 0 atom stereocenters. The second kappa shape index (κ2) is 21.8. The third-order valence-corrected chi connectivity index (χ3v) is 8.74. The van der Waals surface area contributed by atoms with E-state index < -0.39 is 0 Å². The molecule has 0 aliphatic heterocycles. The molecule has 0 aliphatic rings. The number of hydrogen-bond donors (Lipinski definition) is 0. The van der Waals surface area contributed by atoms with Gasteiger partial charge in [0.05, 0.1) is 0 Å². The summed E-state index contributed by atoms with van der Waals surface area (Å²) < 4.78 is 0. The van der Waals surface area contributed by atoms with Gasteiger partial charge in [-0.05, 0) is 60.1 Å². The highest BCUT2D eigenvalue weighted by Crippen LogP contribution is 2.30. The van der Waals surface area contributed by atoms with Crippen molar-refractivity contribution in [3.63, 3.8) is 0 Å². The third kappa shape index (κ3) is 14.4. The second-order valence-corrected chi connectivity index (χ2v) is 12.3. The fourth-order valence-corrected chi connectivity index (χ4v) is 6.02. The molecule has 0 unspecified atom stereocenters. The number of unbranched alkanes of at least 4 members (excludes halogenated alkanes) is 18. The summed E-state index contributed by atoms with van der Waals surface area (Å²) in [5.74, 6) is 0. The van der Waals surface area contributed by atoms with Gasteiger partial charge in [0.1, 0.15) is 0 Å². The van der Waals surface area contributed by atoms with Crippen molar-refractivity contribution < 1.29 is 0 Å². The maximum Gasteiger partial charge on any atom is 0.0444 e. The number of rotatable bonds is 23. The van der Waals surface area contributed by atoms with Crippen molar-refractivity contribution >= 4 is 23.2 Å². The average molecular weight is 560 g/mol. The first kappa shape index (κ1) is 33.2. The molecule has 0 amide bonds. The highest BCUT2D eigenvalue weighted by atomic mass is 35.5. The molecule has 38 heavy (non-hydrogen) atoms. The van der Waals surface area contributed by atoms with E-state index in [-0.39, 0.29) is 0 Å². The summed E-state index contributed by atoms with van der Waals surface area (Å²) in [6.07, 6.45) is 29.5. The first-order chi connectivity index (χ1) is 18.7. The van der Waals surface area contributed by atoms with Crippen LogP contribution in [0.5, 0.6) is 0 Å². The minimum atomic E-state index is 0.893. The van der Waals surface area contributed by atoms with Crippen molar-refractivity contribution in [3.8, 4) is 11.1 Å². The Morgan fingerprint density at radius 2 is 0.684 bits per heavy atom. The van der Waals surface area contributed by atoms with Crippen LogP contribution in [0.4, 0.5) is 0 Å². The predicted molar refractivity (Wildman–Crippen MR) is 173 cm³/mol. The van der Waals surface area contributed by atoms with E-state index in [2.05, 4.69) is 50.2 Å². The summed E-state index contributed by atoms with van der Waals surface area (Å²) in [6, 6.07) is 13.1. The molecule has 0 radical (unpaired) electrons. The van der Waals surface area contributed by atoms with Gasteiger partial charge in [0.15, 0.2) is 0 Å². The Morgan fingerprint density at radius 3 is 0.974 bits per heavy atom. The first-order valence-electron chi connectivity index (χ1n) is 16.2. The van der Waals surface area contributed by atoms with Crippen LogP contribution in [0.1, 0.15) is 153 Å². The second-order valence-electron chi connectivity index (χ2n) is 11.5. The molecule has 2 rings (SSSR count). The van der Waals surface area contributed by atoms with Gasteiger partial charge in [0.25, 0.3) is 0 Å². The van der Waals surface area contributed by atoms with Gasteiger partial charge in [-0.3, -0.25) is 0 Å². The first-order valence-corrected chi connectivity index (χ1v) is 17.0. The molecule has 0 aliphatic carbocycles. The van der Waals surface area contributed by atoms with Crippen LogP contribution in [-0.2, 0) is 12.8 Å². The lowest BCUT2D eigenvalue weighted by molar-refractivity contribution is 0.556. The molecule has 0 fully saturated rings. The highest BCUT2D eigenvalue weighted by molar-refractivity contribution is 6.32. The zero-order valence-corrected chi connectivity index (χ0v) is 26.3.